The average molecular weight is 431 g/mol. The first-order valence-corrected chi connectivity index (χ1v) is 10.9. The lowest BCUT2D eigenvalue weighted by atomic mass is 9.72. The molecule has 2 amide bonds. The van der Waals surface area contributed by atoms with Gasteiger partial charge in [-0.25, -0.2) is 0 Å². The maximum absolute atomic E-state index is 13.6. The molecule has 1 fully saturated rings. The molecule has 2 aliphatic rings. The number of amides is 2. The second kappa shape index (κ2) is 7.24. The molecular formula is C26H23ClN2O2. The number of alkyl halides is 1. The van der Waals surface area contributed by atoms with E-state index in [0.29, 0.717) is 12.0 Å². The molecule has 0 spiro atoms. The molecule has 156 valence electrons. The second-order valence-electron chi connectivity index (χ2n) is 8.41. The molecular weight excluding hydrogens is 408 g/mol. The zero-order chi connectivity index (χ0) is 21.8. The third-order valence-electron chi connectivity index (χ3n) is 6.48. The fourth-order valence-electron chi connectivity index (χ4n) is 4.99. The standard InChI is InChI=1S/C26H23ClN2O2/c1-17-12-14-20(15-13-17)26-16-18(2)28(24(30)19-8-4-3-5-9-19)21-10-6-7-11-22(21)29(26)25(31)23(26)27/h3-15,18,23H,16H2,1-2H3. The lowest BCUT2D eigenvalue weighted by Gasteiger charge is -2.55. The van der Waals surface area contributed by atoms with Gasteiger partial charge in [0.05, 0.1) is 11.4 Å². The van der Waals surface area contributed by atoms with Crippen LogP contribution in [-0.2, 0) is 10.3 Å². The third kappa shape index (κ3) is 2.82. The monoisotopic (exact) mass is 430 g/mol. The maximum Gasteiger partial charge on any atom is 0.258 e. The number of carbonyl (C=O) groups excluding carboxylic acids is 2. The molecule has 2 heterocycles. The molecule has 0 aliphatic carbocycles. The Labute approximate surface area is 187 Å². The number of aryl methyl sites for hydroxylation is 1. The maximum atomic E-state index is 13.6. The van der Waals surface area contributed by atoms with Crippen LogP contribution in [0.5, 0.6) is 0 Å². The van der Waals surface area contributed by atoms with Crippen molar-refractivity contribution in [2.24, 2.45) is 0 Å². The van der Waals surface area contributed by atoms with Gasteiger partial charge in [0.1, 0.15) is 10.9 Å². The van der Waals surface area contributed by atoms with E-state index in [1.807, 2.05) is 97.6 Å². The quantitative estimate of drug-likeness (QED) is 0.409. The molecule has 3 atom stereocenters. The molecule has 5 rings (SSSR count). The van der Waals surface area contributed by atoms with E-state index in [9.17, 15) is 9.59 Å². The van der Waals surface area contributed by atoms with Crippen LogP contribution in [0.3, 0.4) is 0 Å². The summed E-state index contributed by atoms with van der Waals surface area (Å²) in [7, 11) is 0. The van der Waals surface area contributed by atoms with Crippen LogP contribution in [0.25, 0.3) is 0 Å². The molecule has 0 bridgehead atoms. The van der Waals surface area contributed by atoms with E-state index in [1.165, 1.54) is 0 Å². The van der Waals surface area contributed by atoms with Crippen molar-refractivity contribution in [2.45, 2.75) is 37.2 Å². The van der Waals surface area contributed by atoms with E-state index in [4.69, 9.17) is 11.6 Å². The fraction of sp³-hybridized carbons (Fsp3) is 0.231. The molecule has 31 heavy (non-hydrogen) atoms. The van der Waals surface area contributed by atoms with Gasteiger partial charge >= 0.3 is 0 Å². The number of para-hydroxylation sites is 2. The molecule has 2 aliphatic heterocycles. The Bertz CT molecular complexity index is 1160. The van der Waals surface area contributed by atoms with Gasteiger partial charge in [-0.1, -0.05) is 60.2 Å². The third-order valence-corrected chi connectivity index (χ3v) is 7.02. The second-order valence-corrected chi connectivity index (χ2v) is 8.85. The highest BCUT2D eigenvalue weighted by atomic mass is 35.5. The van der Waals surface area contributed by atoms with E-state index >= 15 is 0 Å². The summed E-state index contributed by atoms with van der Waals surface area (Å²) >= 11 is 6.76. The first-order chi connectivity index (χ1) is 14.9. The van der Waals surface area contributed by atoms with Crippen LogP contribution in [-0.4, -0.2) is 23.2 Å². The van der Waals surface area contributed by atoms with E-state index in [1.54, 1.807) is 4.90 Å². The molecule has 3 aromatic rings. The highest BCUT2D eigenvalue weighted by Crippen LogP contribution is 2.55. The number of benzene rings is 3. The Morgan fingerprint density at radius 1 is 0.935 bits per heavy atom. The molecule has 0 N–H and O–H groups in total. The van der Waals surface area contributed by atoms with Gasteiger partial charge in [0.25, 0.3) is 5.91 Å². The first kappa shape index (κ1) is 19.8. The van der Waals surface area contributed by atoms with Crippen LogP contribution in [0, 0.1) is 6.92 Å². The summed E-state index contributed by atoms with van der Waals surface area (Å²) in [5.41, 5.74) is 3.51. The number of hydrogen-bond donors (Lipinski definition) is 0. The van der Waals surface area contributed by atoms with Crippen molar-refractivity contribution in [3.8, 4) is 0 Å². The van der Waals surface area contributed by atoms with Gasteiger partial charge in [0.15, 0.2) is 0 Å². The van der Waals surface area contributed by atoms with E-state index in [0.717, 1.165) is 22.5 Å². The summed E-state index contributed by atoms with van der Waals surface area (Å²) in [5, 5.41) is -0.683. The molecule has 3 unspecified atom stereocenters. The van der Waals surface area contributed by atoms with Crippen LogP contribution in [0.1, 0.15) is 34.8 Å². The van der Waals surface area contributed by atoms with Gasteiger partial charge in [-0.05, 0) is 50.1 Å². The summed E-state index contributed by atoms with van der Waals surface area (Å²) in [5.74, 6) is -0.212. The number of anilines is 2. The SMILES string of the molecule is Cc1ccc(C23CC(C)N(C(=O)c4ccccc4)c4ccccc4N2C(=O)C3Cl)cc1. The van der Waals surface area contributed by atoms with E-state index in [2.05, 4.69) is 0 Å². The minimum atomic E-state index is -0.701. The van der Waals surface area contributed by atoms with Crippen molar-refractivity contribution in [1.82, 2.24) is 0 Å². The van der Waals surface area contributed by atoms with Crippen molar-refractivity contribution in [3.63, 3.8) is 0 Å². The molecule has 0 aromatic heterocycles. The minimum Gasteiger partial charge on any atom is -0.303 e. The summed E-state index contributed by atoms with van der Waals surface area (Å²) in [4.78, 5) is 30.3. The van der Waals surface area contributed by atoms with Crippen molar-refractivity contribution in [2.75, 3.05) is 9.80 Å². The number of nitrogens with zero attached hydrogens (tertiary/aromatic N) is 2. The molecule has 3 aromatic carbocycles. The summed E-state index contributed by atoms with van der Waals surface area (Å²) in [6.07, 6.45) is 0.545. The molecule has 0 radical (unpaired) electrons. The van der Waals surface area contributed by atoms with Gasteiger partial charge in [0.2, 0.25) is 5.91 Å². The van der Waals surface area contributed by atoms with E-state index < -0.39 is 10.9 Å². The van der Waals surface area contributed by atoms with Gasteiger partial charge in [-0.3, -0.25) is 14.5 Å². The Balaban J connectivity index is 1.70. The van der Waals surface area contributed by atoms with Crippen molar-refractivity contribution in [1.29, 1.82) is 0 Å². The normalized spacial score (nSPS) is 24.7. The molecule has 4 nitrogen and oxygen atoms in total. The summed E-state index contributed by atoms with van der Waals surface area (Å²) < 4.78 is 0. The smallest absolute Gasteiger partial charge is 0.258 e. The highest BCUT2D eigenvalue weighted by Gasteiger charge is 2.63. The number of β-lactam (4-membered cyclic amide) rings is 1. The Morgan fingerprint density at radius 2 is 1.55 bits per heavy atom. The number of carbonyl (C=O) groups is 2. The Hall–Kier alpha value is -3.11. The van der Waals surface area contributed by atoms with Crippen LogP contribution >= 0.6 is 11.6 Å². The predicted octanol–water partition coefficient (Wildman–Crippen LogP) is 5.28. The fourth-order valence-corrected chi connectivity index (χ4v) is 5.40. The number of fused-ring (bicyclic) bond motifs is 3. The van der Waals surface area contributed by atoms with Crippen LogP contribution in [0.4, 0.5) is 11.4 Å². The Morgan fingerprint density at radius 3 is 2.23 bits per heavy atom. The number of rotatable bonds is 2. The average Bonchev–Trinajstić information content (AvgIpc) is 2.90. The summed E-state index contributed by atoms with van der Waals surface area (Å²) in [6.45, 7) is 4.07. The number of hydrogen-bond acceptors (Lipinski definition) is 2. The van der Waals surface area contributed by atoms with Crippen molar-refractivity contribution in [3.05, 3.63) is 95.6 Å². The highest BCUT2D eigenvalue weighted by molar-refractivity contribution is 6.38. The van der Waals surface area contributed by atoms with Crippen LogP contribution in [0.2, 0.25) is 0 Å². The lowest BCUT2D eigenvalue weighted by Crippen LogP contribution is -2.71. The molecule has 0 saturated carbocycles. The molecule has 5 heteroatoms. The van der Waals surface area contributed by atoms with Crippen molar-refractivity contribution >= 4 is 34.8 Å². The van der Waals surface area contributed by atoms with Gasteiger partial charge in [-0.15, -0.1) is 11.6 Å². The number of halogens is 1. The van der Waals surface area contributed by atoms with Gasteiger partial charge < -0.3 is 4.90 Å². The Kier molecular flexibility index (Phi) is 4.63. The first-order valence-electron chi connectivity index (χ1n) is 10.5. The van der Waals surface area contributed by atoms with Crippen LogP contribution < -0.4 is 9.80 Å². The molecule has 1 saturated heterocycles. The van der Waals surface area contributed by atoms with E-state index in [-0.39, 0.29) is 17.9 Å². The predicted molar refractivity (Wildman–Crippen MR) is 124 cm³/mol. The summed E-state index contributed by atoms with van der Waals surface area (Å²) in [6, 6.07) is 24.9. The topological polar surface area (TPSA) is 40.6 Å². The van der Waals surface area contributed by atoms with Gasteiger partial charge in [-0.2, -0.15) is 0 Å². The lowest BCUT2D eigenvalue weighted by molar-refractivity contribution is -0.127. The largest absolute Gasteiger partial charge is 0.303 e. The van der Waals surface area contributed by atoms with Gasteiger partial charge in [0, 0.05) is 11.6 Å². The minimum absolute atomic E-state index is 0.0827. The van der Waals surface area contributed by atoms with Crippen LogP contribution in [0.15, 0.2) is 78.9 Å². The zero-order valence-electron chi connectivity index (χ0n) is 17.5. The zero-order valence-corrected chi connectivity index (χ0v) is 18.2. The van der Waals surface area contributed by atoms with Crippen molar-refractivity contribution < 1.29 is 9.59 Å².